The summed E-state index contributed by atoms with van der Waals surface area (Å²) in [6.45, 7) is 4.57. The molecule has 1 spiro atoms. The normalized spacial score (nSPS) is 42.6. The lowest BCUT2D eigenvalue weighted by Gasteiger charge is -2.58. The highest BCUT2D eigenvalue weighted by Crippen LogP contribution is 2.67. The molecule has 6 atom stereocenters. The topological polar surface area (TPSA) is 37.3 Å². The van der Waals surface area contributed by atoms with Crippen LogP contribution in [-0.4, -0.2) is 16.5 Å². The van der Waals surface area contributed by atoms with Gasteiger partial charge < -0.3 is 5.11 Å². The van der Waals surface area contributed by atoms with Crippen LogP contribution in [0.1, 0.15) is 69.1 Å². The van der Waals surface area contributed by atoms with Crippen LogP contribution in [0.15, 0.2) is 48.1 Å². The fourth-order valence-corrected chi connectivity index (χ4v) is 8.23. The number of carbonyl (C=O) groups excluding carboxylic acids is 1. The molecule has 0 saturated heterocycles. The summed E-state index contributed by atoms with van der Waals surface area (Å²) in [4.78, 5) is 12.4. The Balaban J connectivity index is 1.62. The molecule has 1 N–H and O–H groups in total. The zero-order valence-electron chi connectivity index (χ0n) is 18.9. The van der Waals surface area contributed by atoms with E-state index in [0.29, 0.717) is 24.2 Å². The van der Waals surface area contributed by atoms with Crippen LogP contribution in [0.25, 0.3) is 6.08 Å². The van der Waals surface area contributed by atoms with Gasteiger partial charge >= 0.3 is 0 Å². The molecule has 6 aliphatic carbocycles. The molecule has 0 aliphatic heterocycles. The molecule has 6 aliphatic rings. The van der Waals surface area contributed by atoms with Gasteiger partial charge in [-0.25, -0.2) is 0 Å². The van der Waals surface area contributed by atoms with E-state index in [1.54, 1.807) is 0 Å². The SMILES string of the molecule is CCc1ccc2c(c1)C[C@]13CCC(=O)C=C1C=C[C@@H]1C3CC[C@@]3(C)[C@H]1CC[C@]3(O)C=C2. The van der Waals surface area contributed by atoms with Gasteiger partial charge in [-0.1, -0.05) is 56.4 Å². The van der Waals surface area contributed by atoms with Crippen molar-refractivity contribution in [1.82, 2.24) is 0 Å². The highest BCUT2D eigenvalue weighted by atomic mass is 16.3. The zero-order valence-corrected chi connectivity index (χ0v) is 18.9. The molecule has 0 radical (unpaired) electrons. The van der Waals surface area contributed by atoms with Gasteiger partial charge in [0.2, 0.25) is 0 Å². The molecule has 6 bridgehead atoms. The minimum atomic E-state index is -0.729. The Morgan fingerprint density at radius 2 is 1.94 bits per heavy atom. The number of aliphatic hydroxyl groups is 1. The molecule has 0 aromatic heterocycles. The van der Waals surface area contributed by atoms with E-state index in [1.807, 2.05) is 6.08 Å². The second kappa shape index (κ2) is 6.54. The van der Waals surface area contributed by atoms with Crippen LogP contribution >= 0.6 is 0 Å². The van der Waals surface area contributed by atoms with E-state index in [9.17, 15) is 9.90 Å². The molecule has 1 aromatic carbocycles. The maximum atomic E-state index is 12.4. The predicted molar refractivity (Wildman–Crippen MR) is 124 cm³/mol. The molecular weight excluding hydrogens is 380 g/mol. The van der Waals surface area contributed by atoms with Crippen molar-refractivity contribution < 1.29 is 9.90 Å². The number of fused-ring (bicyclic) bond motifs is 1. The van der Waals surface area contributed by atoms with Gasteiger partial charge in [-0.15, -0.1) is 0 Å². The molecule has 31 heavy (non-hydrogen) atoms. The first-order chi connectivity index (χ1) is 14.9. The maximum Gasteiger partial charge on any atom is 0.156 e. The van der Waals surface area contributed by atoms with Crippen LogP contribution in [0.2, 0.25) is 0 Å². The van der Waals surface area contributed by atoms with E-state index in [1.165, 1.54) is 22.3 Å². The van der Waals surface area contributed by atoms with Crippen molar-refractivity contribution in [2.24, 2.45) is 28.6 Å². The summed E-state index contributed by atoms with van der Waals surface area (Å²) in [5.74, 6) is 1.87. The summed E-state index contributed by atoms with van der Waals surface area (Å²) >= 11 is 0. The van der Waals surface area contributed by atoms with Gasteiger partial charge in [-0.3, -0.25) is 4.79 Å². The molecule has 162 valence electrons. The lowest BCUT2D eigenvalue weighted by molar-refractivity contribution is -0.117. The second-order valence-corrected chi connectivity index (χ2v) is 11.2. The minimum Gasteiger partial charge on any atom is -0.385 e. The Kier molecular flexibility index (Phi) is 4.16. The summed E-state index contributed by atoms with van der Waals surface area (Å²) in [7, 11) is 0. The summed E-state index contributed by atoms with van der Waals surface area (Å²) in [6.07, 6.45) is 18.9. The quantitative estimate of drug-likeness (QED) is 0.627. The number of ketones is 1. The van der Waals surface area contributed by atoms with Crippen LogP contribution < -0.4 is 0 Å². The second-order valence-electron chi connectivity index (χ2n) is 11.2. The van der Waals surface area contributed by atoms with E-state index in [4.69, 9.17) is 0 Å². The first-order valence-electron chi connectivity index (χ1n) is 12.4. The number of aryl methyl sites for hydroxylation is 1. The Morgan fingerprint density at radius 1 is 1.10 bits per heavy atom. The fourth-order valence-electron chi connectivity index (χ4n) is 8.23. The first kappa shape index (κ1) is 19.7. The number of benzene rings is 1. The summed E-state index contributed by atoms with van der Waals surface area (Å²) < 4.78 is 0. The number of hydrogen-bond donors (Lipinski definition) is 1. The standard InChI is InChI=1S/C29H34O2/c1-3-19-4-5-20-8-14-29(31)15-11-25-24-7-6-22-17-23(30)9-13-28(22,18-21(20)16-19)26(24)10-12-27(25,29)2/h4-8,14,16-17,24-26,31H,3,9-13,15,18H2,1-2H3/t24-,25-,26?,27-,28+,29+/m0/s1. The summed E-state index contributed by atoms with van der Waals surface area (Å²) in [5.41, 5.74) is 4.53. The zero-order chi connectivity index (χ0) is 21.4. The summed E-state index contributed by atoms with van der Waals surface area (Å²) in [5, 5.41) is 11.9. The molecule has 7 rings (SSSR count). The predicted octanol–water partition coefficient (Wildman–Crippen LogP) is 5.84. The van der Waals surface area contributed by atoms with Crippen molar-refractivity contribution in [3.05, 3.63) is 64.8 Å². The molecule has 0 heterocycles. The van der Waals surface area contributed by atoms with Gasteiger partial charge in [0.1, 0.15) is 0 Å². The van der Waals surface area contributed by atoms with Gasteiger partial charge in [-0.2, -0.15) is 0 Å². The monoisotopic (exact) mass is 414 g/mol. The smallest absolute Gasteiger partial charge is 0.156 e. The van der Waals surface area contributed by atoms with Gasteiger partial charge in [-0.05, 0) is 91.0 Å². The van der Waals surface area contributed by atoms with Gasteiger partial charge in [0.25, 0.3) is 0 Å². The van der Waals surface area contributed by atoms with Crippen molar-refractivity contribution in [3.63, 3.8) is 0 Å². The van der Waals surface area contributed by atoms with Crippen molar-refractivity contribution in [1.29, 1.82) is 0 Å². The van der Waals surface area contributed by atoms with Crippen LogP contribution in [0.3, 0.4) is 0 Å². The molecule has 1 aromatic rings. The molecule has 2 heteroatoms. The minimum absolute atomic E-state index is 0.0503. The van der Waals surface area contributed by atoms with Crippen LogP contribution in [0.4, 0.5) is 0 Å². The lowest BCUT2D eigenvalue weighted by Crippen LogP contribution is -2.54. The van der Waals surface area contributed by atoms with Gasteiger partial charge in [0.05, 0.1) is 5.60 Å². The third-order valence-corrected chi connectivity index (χ3v) is 10.1. The van der Waals surface area contributed by atoms with E-state index in [-0.39, 0.29) is 16.6 Å². The molecular formula is C29H34O2. The summed E-state index contributed by atoms with van der Waals surface area (Å²) in [6, 6.07) is 6.89. The van der Waals surface area contributed by atoms with Crippen molar-refractivity contribution in [2.75, 3.05) is 0 Å². The molecule has 2 nitrogen and oxygen atoms in total. The molecule has 0 amide bonds. The molecule has 2 fully saturated rings. The average molecular weight is 415 g/mol. The third-order valence-electron chi connectivity index (χ3n) is 10.1. The highest BCUT2D eigenvalue weighted by molar-refractivity contribution is 5.92. The number of allylic oxidation sites excluding steroid dienone is 4. The Labute approximate surface area is 186 Å². The lowest BCUT2D eigenvalue weighted by atomic mass is 9.47. The van der Waals surface area contributed by atoms with E-state index in [2.05, 4.69) is 56.4 Å². The average Bonchev–Trinajstić information content (AvgIpc) is 3.03. The van der Waals surface area contributed by atoms with E-state index in [0.717, 1.165) is 44.9 Å². The third kappa shape index (κ3) is 2.58. The first-order valence-corrected chi connectivity index (χ1v) is 12.4. The highest BCUT2D eigenvalue weighted by Gasteiger charge is 2.63. The van der Waals surface area contributed by atoms with Crippen molar-refractivity contribution in [3.8, 4) is 0 Å². The molecule has 1 unspecified atom stereocenters. The van der Waals surface area contributed by atoms with E-state index < -0.39 is 5.60 Å². The fraction of sp³-hybridized carbons (Fsp3) is 0.552. The maximum absolute atomic E-state index is 12.4. The Morgan fingerprint density at radius 3 is 2.77 bits per heavy atom. The van der Waals surface area contributed by atoms with Crippen molar-refractivity contribution >= 4 is 11.9 Å². The van der Waals surface area contributed by atoms with Crippen LogP contribution in [-0.2, 0) is 17.6 Å². The number of rotatable bonds is 1. The Hall–Kier alpha value is -1.93. The number of carbonyl (C=O) groups is 1. The van der Waals surface area contributed by atoms with Gasteiger partial charge in [0.15, 0.2) is 5.78 Å². The van der Waals surface area contributed by atoms with Crippen LogP contribution in [0, 0.1) is 28.6 Å². The number of hydrogen-bond acceptors (Lipinski definition) is 2. The van der Waals surface area contributed by atoms with Crippen molar-refractivity contribution in [2.45, 2.75) is 70.8 Å². The molecule has 2 saturated carbocycles. The van der Waals surface area contributed by atoms with Gasteiger partial charge in [0, 0.05) is 17.3 Å². The van der Waals surface area contributed by atoms with Crippen LogP contribution in [0.5, 0.6) is 0 Å². The van der Waals surface area contributed by atoms with E-state index >= 15 is 0 Å². The Bertz CT molecular complexity index is 1040. The largest absolute Gasteiger partial charge is 0.385 e.